The van der Waals surface area contributed by atoms with E-state index >= 15 is 0 Å². The highest BCUT2D eigenvalue weighted by Gasteiger charge is 2.25. The fourth-order valence-corrected chi connectivity index (χ4v) is 3.21. The van der Waals surface area contributed by atoms with Crippen molar-refractivity contribution in [1.29, 1.82) is 0 Å². The summed E-state index contributed by atoms with van der Waals surface area (Å²) in [5.41, 5.74) is 2.84. The minimum atomic E-state index is -0.225. The molecule has 1 aliphatic rings. The van der Waals surface area contributed by atoms with E-state index in [1.807, 2.05) is 6.07 Å². The van der Waals surface area contributed by atoms with Gasteiger partial charge in [0.15, 0.2) is 11.5 Å². The summed E-state index contributed by atoms with van der Waals surface area (Å²) in [7, 11) is 3.12. The first-order chi connectivity index (χ1) is 11.5. The van der Waals surface area contributed by atoms with Crippen LogP contribution in [-0.2, 0) is 19.5 Å². The summed E-state index contributed by atoms with van der Waals surface area (Å²) < 4.78 is 24.5. The Morgan fingerprint density at radius 3 is 2.67 bits per heavy atom. The van der Waals surface area contributed by atoms with Gasteiger partial charge in [0.1, 0.15) is 11.6 Å². The fourth-order valence-electron chi connectivity index (χ4n) is 3.21. The molecule has 2 aromatic carbocycles. The molecule has 5 heteroatoms. The lowest BCUT2D eigenvalue weighted by Gasteiger charge is -2.35. The number of phenols is 1. The van der Waals surface area contributed by atoms with Gasteiger partial charge in [0.05, 0.1) is 14.2 Å². The molecule has 0 saturated carbocycles. The summed E-state index contributed by atoms with van der Waals surface area (Å²) in [5.74, 6) is 1.06. The van der Waals surface area contributed by atoms with Crippen molar-refractivity contribution in [2.24, 2.45) is 0 Å². The number of nitrogens with zero attached hydrogens (tertiary/aromatic N) is 1. The summed E-state index contributed by atoms with van der Waals surface area (Å²) in [6, 6.07) is 8.70. The Bertz CT molecular complexity index is 748. The Kier molecular flexibility index (Phi) is 4.62. The van der Waals surface area contributed by atoms with Crippen LogP contribution in [0, 0.1) is 5.82 Å². The lowest BCUT2D eigenvalue weighted by molar-refractivity contribution is 0.172. The second kappa shape index (κ2) is 6.69. The highest BCUT2D eigenvalue weighted by molar-refractivity contribution is 5.47. The standard InChI is InChI=1S/C19H22FNO3/c1-12-6-13-8-18(22)19(24-3)9-14(13)10-21(12)11-15-7-16(23-2)4-5-17(15)20/h4-5,7-9,12,22H,6,10-11H2,1-3H3. The van der Waals surface area contributed by atoms with E-state index in [0.29, 0.717) is 30.2 Å². The third kappa shape index (κ3) is 3.17. The van der Waals surface area contributed by atoms with Crippen LogP contribution in [0.3, 0.4) is 0 Å². The van der Waals surface area contributed by atoms with Gasteiger partial charge >= 0.3 is 0 Å². The average molecular weight is 331 g/mol. The van der Waals surface area contributed by atoms with E-state index in [1.165, 1.54) is 13.2 Å². The third-order valence-electron chi connectivity index (χ3n) is 4.64. The minimum Gasteiger partial charge on any atom is -0.504 e. The van der Waals surface area contributed by atoms with E-state index in [0.717, 1.165) is 17.5 Å². The largest absolute Gasteiger partial charge is 0.504 e. The van der Waals surface area contributed by atoms with Gasteiger partial charge in [-0.15, -0.1) is 0 Å². The molecule has 1 atom stereocenters. The first kappa shape index (κ1) is 16.6. The molecule has 1 heterocycles. The molecule has 4 nitrogen and oxygen atoms in total. The number of methoxy groups -OCH3 is 2. The summed E-state index contributed by atoms with van der Waals surface area (Å²) >= 11 is 0. The van der Waals surface area contributed by atoms with Crippen molar-refractivity contribution in [2.45, 2.75) is 32.5 Å². The van der Waals surface area contributed by atoms with Crippen LogP contribution in [0.5, 0.6) is 17.2 Å². The predicted molar refractivity (Wildman–Crippen MR) is 90.0 cm³/mol. The van der Waals surface area contributed by atoms with Crippen LogP contribution in [0.1, 0.15) is 23.6 Å². The van der Waals surface area contributed by atoms with Crippen molar-refractivity contribution < 1.29 is 19.0 Å². The zero-order valence-corrected chi connectivity index (χ0v) is 14.2. The number of rotatable bonds is 4. The number of hydrogen-bond acceptors (Lipinski definition) is 4. The Labute approximate surface area is 141 Å². The molecule has 24 heavy (non-hydrogen) atoms. The predicted octanol–water partition coefficient (Wildman–Crippen LogP) is 3.50. The molecule has 0 amide bonds. The van der Waals surface area contributed by atoms with Crippen LogP contribution in [0.4, 0.5) is 4.39 Å². The van der Waals surface area contributed by atoms with Gasteiger partial charge < -0.3 is 14.6 Å². The number of phenolic OH excluding ortho intramolecular Hbond substituents is 1. The van der Waals surface area contributed by atoms with Gasteiger partial charge in [-0.25, -0.2) is 4.39 Å². The second-order valence-corrected chi connectivity index (χ2v) is 6.21. The highest BCUT2D eigenvalue weighted by atomic mass is 19.1. The number of aromatic hydroxyl groups is 1. The smallest absolute Gasteiger partial charge is 0.160 e. The average Bonchev–Trinajstić information content (AvgIpc) is 2.57. The summed E-state index contributed by atoms with van der Waals surface area (Å²) in [6.45, 7) is 3.30. The monoisotopic (exact) mass is 331 g/mol. The van der Waals surface area contributed by atoms with Crippen molar-refractivity contribution >= 4 is 0 Å². The molecule has 2 aromatic rings. The number of fused-ring (bicyclic) bond motifs is 1. The van der Waals surface area contributed by atoms with Crippen molar-refractivity contribution in [1.82, 2.24) is 4.90 Å². The van der Waals surface area contributed by atoms with Crippen molar-refractivity contribution in [3.8, 4) is 17.2 Å². The molecule has 0 radical (unpaired) electrons. The molecule has 0 bridgehead atoms. The van der Waals surface area contributed by atoms with Crippen molar-refractivity contribution in [2.75, 3.05) is 14.2 Å². The Balaban J connectivity index is 1.86. The van der Waals surface area contributed by atoms with Crippen LogP contribution in [-0.4, -0.2) is 30.3 Å². The van der Waals surface area contributed by atoms with E-state index in [4.69, 9.17) is 9.47 Å². The van der Waals surface area contributed by atoms with E-state index in [-0.39, 0.29) is 17.6 Å². The first-order valence-corrected chi connectivity index (χ1v) is 7.97. The maximum atomic E-state index is 14.1. The highest BCUT2D eigenvalue weighted by Crippen LogP contribution is 2.34. The molecule has 0 aromatic heterocycles. The number of hydrogen-bond donors (Lipinski definition) is 1. The normalized spacial score (nSPS) is 17.4. The molecule has 1 unspecified atom stereocenters. The van der Waals surface area contributed by atoms with Crippen LogP contribution >= 0.6 is 0 Å². The Morgan fingerprint density at radius 2 is 1.96 bits per heavy atom. The molecule has 1 aliphatic heterocycles. The van der Waals surface area contributed by atoms with E-state index in [2.05, 4.69) is 11.8 Å². The Morgan fingerprint density at radius 1 is 1.17 bits per heavy atom. The molecule has 0 saturated heterocycles. The molecule has 3 rings (SSSR count). The molecule has 0 fully saturated rings. The number of halogens is 1. The molecular weight excluding hydrogens is 309 g/mol. The molecule has 0 spiro atoms. The molecule has 128 valence electrons. The topological polar surface area (TPSA) is 41.9 Å². The van der Waals surface area contributed by atoms with Gasteiger partial charge in [-0.2, -0.15) is 0 Å². The first-order valence-electron chi connectivity index (χ1n) is 7.97. The summed E-state index contributed by atoms with van der Waals surface area (Å²) in [6.07, 6.45) is 0.804. The summed E-state index contributed by atoms with van der Waals surface area (Å²) in [4.78, 5) is 2.22. The zero-order chi connectivity index (χ0) is 17.3. The lowest BCUT2D eigenvalue weighted by Crippen LogP contribution is -2.38. The van der Waals surface area contributed by atoms with Gasteiger partial charge in [0.2, 0.25) is 0 Å². The third-order valence-corrected chi connectivity index (χ3v) is 4.64. The van der Waals surface area contributed by atoms with Crippen molar-refractivity contribution in [3.05, 3.63) is 52.8 Å². The van der Waals surface area contributed by atoms with E-state index < -0.39 is 0 Å². The van der Waals surface area contributed by atoms with E-state index in [1.54, 1.807) is 25.3 Å². The fraction of sp³-hybridized carbons (Fsp3) is 0.368. The van der Waals surface area contributed by atoms with Gasteiger partial charge in [0.25, 0.3) is 0 Å². The van der Waals surface area contributed by atoms with Gasteiger partial charge in [-0.3, -0.25) is 4.90 Å². The minimum absolute atomic E-state index is 0.163. The van der Waals surface area contributed by atoms with Gasteiger partial charge in [0, 0.05) is 24.7 Å². The zero-order valence-electron chi connectivity index (χ0n) is 14.2. The molecule has 0 aliphatic carbocycles. The second-order valence-electron chi connectivity index (χ2n) is 6.21. The summed E-state index contributed by atoms with van der Waals surface area (Å²) in [5, 5.41) is 9.95. The maximum Gasteiger partial charge on any atom is 0.160 e. The lowest BCUT2D eigenvalue weighted by atomic mass is 9.93. The van der Waals surface area contributed by atoms with E-state index in [9.17, 15) is 9.50 Å². The van der Waals surface area contributed by atoms with Gasteiger partial charge in [-0.1, -0.05) is 0 Å². The van der Waals surface area contributed by atoms with Crippen LogP contribution in [0.25, 0.3) is 0 Å². The SMILES string of the molecule is COc1ccc(F)c(CN2Cc3cc(OC)c(O)cc3CC2C)c1. The number of ether oxygens (including phenoxy) is 2. The number of benzene rings is 2. The quantitative estimate of drug-likeness (QED) is 0.931. The van der Waals surface area contributed by atoms with Crippen LogP contribution in [0.15, 0.2) is 30.3 Å². The molecular formula is C19H22FNO3. The maximum absolute atomic E-state index is 14.1. The van der Waals surface area contributed by atoms with Crippen LogP contribution in [0.2, 0.25) is 0 Å². The van der Waals surface area contributed by atoms with Gasteiger partial charge in [-0.05, 0) is 54.8 Å². The van der Waals surface area contributed by atoms with Crippen LogP contribution < -0.4 is 9.47 Å². The Hall–Kier alpha value is -2.27. The van der Waals surface area contributed by atoms with Crippen molar-refractivity contribution in [3.63, 3.8) is 0 Å². The molecule has 1 N–H and O–H groups in total.